The second-order valence-electron chi connectivity index (χ2n) is 6.59. The molecule has 0 saturated carbocycles. The first-order valence-electron chi connectivity index (χ1n) is 8.72. The van der Waals surface area contributed by atoms with Crippen LogP contribution in [-0.2, 0) is 0 Å². The molecule has 0 bridgehead atoms. The van der Waals surface area contributed by atoms with Gasteiger partial charge < -0.3 is 5.32 Å². The lowest BCUT2D eigenvalue weighted by Gasteiger charge is -2.21. The van der Waals surface area contributed by atoms with Crippen molar-refractivity contribution in [1.82, 2.24) is 15.1 Å². The Morgan fingerprint density at radius 1 is 1.19 bits per heavy atom. The molecule has 1 N–H and O–H groups in total. The van der Waals surface area contributed by atoms with E-state index in [2.05, 4.69) is 10.4 Å². The molecule has 27 heavy (non-hydrogen) atoms. The van der Waals surface area contributed by atoms with Gasteiger partial charge in [0.25, 0.3) is 11.6 Å². The van der Waals surface area contributed by atoms with Crippen LogP contribution in [0.2, 0.25) is 0 Å². The lowest BCUT2D eigenvalue weighted by molar-refractivity contribution is -0.384. The molecule has 0 spiro atoms. The van der Waals surface area contributed by atoms with E-state index in [1.54, 1.807) is 6.07 Å². The molecular weight excluding hydrogens is 351 g/mol. The van der Waals surface area contributed by atoms with E-state index in [4.69, 9.17) is 0 Å². The molecule has 1 aliphatic rings. The number of nitrogens with one attached hydrogen (secondary N) is 1. The molecule has 7 nitrogen and oxygen atoms in total. The number of carbonyl (C=O) groups is 1. The van der Waals surface area contributed by atoms with E-state index < -0.39 is 16.6 Å². The van der Waals surface area contributed by atoms with Gasteiger partial charge in [-0.05, 0) is 56.3 Å². The third-order valence-electron chi connectivity index (χ3n) is 4.91. The van der Waals surface area contributed by atoms with Gasteiger partial charge in [-0.15, -0.1) is 0 Å². The number of nitrogens with zero attached hydrogens (tertiary/aromatic N) is 3. The van der Waals surface area contributed by atoms with Gasteiger partial charge in [0.1, 0.15) is 5.82 Å². The summed E-state index contributed by atoms with van der Waals surface area (Å²) in [5.41, 5.74) is 1.48. The first-order chi connectivity index (χ1) is 13.0. The molecule has 1 aliphatic heterocycles. The number of non-ortho nitro benzene ring substituents is 1. The molecule has 0 aliphatic carbocycles. The Labute approximate surface area is 153 Å². The van der Waals surface area contributed by atoms with E-state index in [0.29, 0.717) is 22.2 Å². The largest absolute Gasteiger partial charge is 0.317 e. The number of hydrogen-bond donors (Lipinski definition) is 1. The van der Waals surface area contributed by atoms with Crippen LogP contribution in [0.15, 0.2) is 42.5 Å². The molecular formula is C19H17FN4O3. The summed E-state index contributed by atoms with van der Waals surface area (Å²) in [6.45, 7) is 1.67. The summed E-state index contributed by atoms with van der Waals surface area (Å²) >= 11 is 0. The first kappa shape index (κ1) is 17.3. The van der Waals surface area contributed by atoms with E-state index in [-0.39, 0.29) is 11.6 Å². The van der Waals surface area contributed by atoms with Gasteiger partial charge in [-0.2, -0.15) is 9.78 Å². The van der Waals surface area contributed by atoms with Crippen LogP contribution in [0.3, 0.4) is 0 Å². The lowest BCUT2D eigenvalue weighted by Crippen LogP contribution is -2.27. The summed E-state index contributed by atoms with van der Waals surface area (Å²) in [5.74, 6) is -0.699. The summed E-state index contributed by atoms with van der Waals surface area (Å²) in [4.78, 5) is 23.7. The Morgan fingerprint density at radius 2 is 1.89 bits per heavy atom. The second kappa shape index (κ2) is 6.88. The normalized spacial score (nSPS) is 15.1. The van der Waals surface area contributed by atoms with Gasteiger partial charge >= 0.3 is 0 Å². The predicted molar refractivity (Wildman–Crippen MR) is 97.4 cm³/mol. The van der Waals surface area contributed by atoms with Crippen LogP contribution in [0, 0.1) is 15.9 Å². The molecule has 0 atom stereocenters. The van der Waals surface area contributed by atoms with Crippen molar-refractivity contribution in [1.29, 1.82) is 0 Å². The summed E-state index contributed by atoms with van der Waals surface area (Å²) in [7, 11) is 0. The number of nitro benzene ring substituents is 1. The summed E-state index contributed by atoms with van der Waals surface area (Å²) in [6, 6.07) is 9.64. The lowest BCUT2D eigenvalue weighted by atomic mass is 9.92. The minimum atomic E-state index is -0.454. The summed E-state index contributed by atoms with van der Waals surface area (Å²) in [5, 5.41) is 19.6. The molecule has 1 saturated heterocycles. The van der Waals surface area contributed by atoms with Crippen molar-refractivity contribution in [2.24, 2.45) is 0 Å². The highest BCUT2D eigenvalue weighted by Gasteiger charge is 2.25. The SMILES string of the molecule is O=C(c1ccc(F)cc1)n1nc(C2CCNCC2)c2cc([N+](=O)[O-])ccc21. The van der Waals surface area contributed by atoms with Crippen LogP contribution in [-0.4, -0.2) is 33.7 Å². The van der Waals surface area contributed by atoms with Crippen molar-refractivity contribution in [3.63, 3.8) is 0 Å². The van der Waals surface area contributed by atoms with Gasteiger partial charge in [-0.25, -0.2) is 4.39 Å². The van der Waals surface area contributed by atoms with E-state index in [0.717, 1.165) is 25.9 Å². The quantitative estimate of drug-likeness (QED) is 0.566. The molecule has 0 amide bonds. The fourth-order valence-electron chi connectivity index (χ4n) is 3.51. The molecule has 2 aromatic carbocycles. The summed E-state index contributed by atoms with van der Waals surface area (Å²) < 4.78 is 14.4. The van der Waals surface area contributed by atoms with E-state index in [1.165, 1.54) is 41.1 Å². The highest BCUT2D eigenvalue weighted by Crippen LogP contribution is 2.33. The molecule has 2 heterocycles. The monoisotopic (exact) mass is 368 g/mol. The number of fused-ring (bicyclic) bond motifs is 1. The average molecular weight is 368 g/mol. The number of aromatic nitrogens is 2. The first-order valence-corrected chi connectivity index (χ1v) is 8.72. The van der Waals surface area contributed by atoms with Crippen LogP contribution in [0.1, 0.15) is 34.8 Å². The van der Waals surface area contributed by atoms with Crippen molar-refractivity contribution in [2.75, 3.05) is 13.1 Å². The van der Waals surface area contributed by atoms with Crippen LogP contribution in [0.4, 0.5) is 10.1 Å². The van der Waals surface area contributed by atoms with Crippen molar-refractivity contribution in [3.8, 4) is 0 Å². The number of halogens is 1. The van der Waals surface area contributed by atoms with Crippen molar-refractivity contribution in [2.45, 2.75) is 18.8 Å². The fourth-order valence-corrected chi connectivity index (χ4v) is 3.51. The fraction of sp³-hybridized carbons (Fsp3) is 0.263. The predicted octanol–water partition coefficient (Wildman–Crippen LogP) is 3.24. The van der Waals surface area contributed by atoms with Crippen molar-refractivity contribution in [3.05, 3.63) is 69.7 Å². The molecule has 8 heteroatoms. The average Bonchev–Trinajstić information content (AvgIpc) is 3.07. The zero-order valence-corrected chi connectivity index (χ0v) is 14.4. The smallest absolute Gasteiger partial charge is 0.278 e. The van der Waals surface area contributed by atoms with Gasteiger partial charge in [-0.1, -0.05) is 0 Å². The topological polar surface area (TPSA) is 90.1 Å². The highest BCUT2D eigenvalue weighted by molar-refractivity contribution is 6.02. The van der Waals surface area contributed by atoms with Crippen LogP contribution in [0.25, 0.3) is 10.9 Å². The van der Waals surface area contributed by atoms with Crippen LogP contribution < -0.4 is 5.32 Å². The molecule has 0 unspecified atom stereocenters. The van der Waals surface area contributed by atoms with E-state index in [9.17, 15) is 19.3 Å². The highest BCUT2D eigenvalue weighted by atomic mass is 19.1. The molecule has 1 fully saturated rings. The van der Waals surface area contributed by atoms with Crippen LogP contribution >= 0.6 is 0 Å². The van der Waals surface area contributed by atoms with Crippen molar-refractivity contribution < 1.29 is 14.1 Å². The number of rotatable bonds is 3. The standard InChI is InChI=1S/C19H17FN4O3/c20-14-3-1-13(2-4-14)19(25)23-17-6-5-15(24(26)27)11-16(17)18(22-23)12-7-9-21-10-8-12/h1-6,11-12,21H,7-10H2. The molecule has 1 aromatic heterocycles. The Balaban J connectivity index is 1.86. The second-order valence-corrected chi connectivity index (χ2v) is 6.59. The third kappa shape index (κ3) is 3.19. The number of benzene rings is 2. The molecule has 138 valence electrons. The van der Waals surface area contributed by atoms with E-state index >= 15 is 0 Å². The molecule has 3 aromatic rings. The van der Waals surface area contributed by atoms with Gasteiger partial charge in [-0.3, -0.25) is 14.9 Å². The number of carbonyl (C=O) groups excluding carboxylic acids is 1. The van der Waals surface area contributed by atoms with Gasteiger partial charge in [0.15, 0.2) is 0 Å². The maximum absolute atomic E-state index is 13.2. The van der Waals surface area contributed by atoms with Gasteiger partial charge in [0.2, 0.25) is 0 Å². The minimum Gasteiger partial charge on any atom is -0.317 e. The zero-order chi connectivity index (χ0) is 19.0. The maximum atomic E-state index is 13.2. The third-order valence-corrected chi connectivity index (χ3v) is 4.91. The Morgan fingerprint density at radius 3 is 2.56 bits per heavy atom. The number of nitro groups is 1. The molecule has 0 radical (unpaired) electrons. The zero-order valence-electron chi connectivity index (χ0n) is 14.4. The summed E-state index contributed by atoms with van der Waals surface area (Å²) in [6.07, 6.45) is 1.69. The molecule has 4 rings (SSSR count). The Bertz CT molecular complexity index is 1020. The van der Waals surface area contributed by atoms with Crippen LogP contribution in [0.5, 0.6) is 0 Å². The minimum absolute atomic E-state index is 0.0357. The van der Waals surface area contributed by atoms with Crippen molar-refractivity contribution >= 4 is 22.5 Å². The maximum Gasteiger partial charge on any atom is 0.278 e. The van der Waals surface area contributed by atoms with Gasteiger partial charge in [0.05, 0.1) is 16.1 Å². The Hall–Kier alpha value is -3.13. The van der Waals surface area contributed by atoms with E-state index in [1.807, 2.05) is 0 Å². The Kier molecular flexibility index (Phi) is 4.41. The van der Waals surface area contributed by atoms with Gasteiger partial charge in [0, 0.05) is 29.0 Å². The number of piperidine rings is 1. The number of hydrogen-bond acceptors (Lipinski definition) is 5.